The Morgan fingerprint density at radius 1 is 1.09 bits per heavy atom. The Morgan fingerprint density at radius 3 is 2.57 bits per heavy atom. The van der Waals surface area contributed by atoms with Gasteiger partial charge in [0.2, 0.25) is 11.8 Å². The first-order valence-electron chi connectivity index (χ1n) is 11.8. The Kier molecular flexibility index (Phi) is 7.10. The number of hydrogen-bond donors (Lipinski definition) is 3. The minimum atomic E-state index is -0.701. The second kappa shape index (κ2) is 10.1. The quantitative estimate of drug-likeness (QED) is 0.401. The van der Waals surface area contributed by atoms with E-state index in [-0.39, 0.29) is 18.1 Å². The number of nitrogens with one attached hydrogen (secondary N) is 2. The van der Waals surface area contributed by atoms with E-state index in [0.717, 1.165) is 29.0 Å². The van der Waals surface area contributed by atoms with Gasteiger partial charge in [0.15, 0.2) is 0 Å². The monoisotopic (exact) mass is 475 g/mol. The van der Waals surface area contributed by atoms with Crippen LogP contribution in [0.3, 0.4) is 0 Å². The zero-order valence-electron chi connectivity index (χ0n) is 20.7. The number of rotatable bonds is 10. The van der Waals surface area contributed by atoms with Crippen LogP contribution in [0, 0.1) is 0 Å². The molecule has 0 saturated carbocycles. The first kappa shape index (κ1) is 24.7. The van der Waals surface area contributed by atoms with Crippen molar-refractivity contribution in [3.05, 3.63) is 78.0 Å². The van der Waals surface area contributed by atoms with Crippen LogP contribution in [0.5, 0.6) is 17.4 Å². The fourth-order valence-corrected chi connectivity index (χ4v) is 4.21. The molecule has 1 aliphatic rings. The molecule has 0 saturated heterocycles. The largest absolute Gasteiger partial charge is 0.490 e. The number of benzene rings is 2. The van der Waals surface area contributed by atoms with Crippen molar-refractivity contribution in [2.45, 2.75) is 51.2 Å². The molecule has 0 radical (unpaired) electrons. The molecule has 0 spiro atoms. The number of amides is 1. The highest BCUT2D eigenvalue weighted by atomic mass is 16.5. The Bertz CT molecular complexity index is 1160. The Hall–Kier alpha value is -3.42. The summed E-state index contributed by atoms with van der Waals surface area (Å²) in [4.78, 5) is 16.4. The molecule has 35 heavy (non-hydrogen) atoms. The van der Waals surface area contributed by atoms with Gasteiger partial charge in [0, 0.05) is 35.6 Å². The molecule has 184 valence electrons. The number of fused-ring (bicyclic) bond motifs is 1. The normalized spacial score (nSPS) is 15.3. The van der Waals surface area contributed by atoms with Crippen molar-refractivity contribution in [3.8, 4) is 17.4 Å². The third-order valence-corrected chi connectivity index (χ3v) is 6.14. The second-order valence-electron chi connectivity index (χ2n) is 10.1. The fraction of sp³-hybridized carbons (Fsp3) is 0.357. The average Bonchev–Trinajstić information content (AvgIpc) is 3.07. The maximum atomic E-state index is 12.3. The topological polar surface area (TPSA) is 92.7 Å². The lowest BCUT2D eigenvalue weighted by atomic mass is 9.85. The molecule has 0 fully saturated rings. The Labute approximate surface area is 206 Å². The van der Waals surface area contributed by atoms with Crippen LogP contribution in [0.4, 0.5) is 5.69 Å². The summed E-state index contributed by atoms with van der Waals surface area (Å²) in [5.41, 5.74) is 1.84. The van der Waals surface area contributed by atoms with Gasteiger partial charge in [-0.05, 0) is 70.0 Å². The third kappa shape index (κ3) is 5.99. The molecule has 1 amide bonds. The number of nitrogens with zero attached hydrogens (tertiary/aromatic N) is 1. The lowest BCUT2D eigenvalue weighted by molar-refractivity contribution is -0.119. The molecule has 0 bridgehead atoms. The number of anilines is 1. The zero-order chi connectivity index (χ0) is 25.1. The molecule has 7 nitrogen and oxygen atoms in total. The lowest BCUT2D eigenvalue weighted by Crippen LogP contribution is -2.46. The van der Waals surface area contributed by atoms with Crippen LogP contribution in [0.15, 0.2) is 66.9 Å². The highest BCUT2D eigenvalue weighted by Gasteiger charge is 2.41. The van der Waals surface area contributed by atoms with Crippen LogP contribution >= 0.6 is 0 Å². The summed E-state index contributed by atoms with van der Waals surface area (Å²) in [7, 11) is 0. The molecule has 1 aliphatic heterocycles. The summed E-state index contributed by atoms with van der Waals surface area (Å²) in [5.74, 6) is 1.87. The molecule has 0 aliphatic carbocycles. The number of aliphatic hydroxyl groups excluding tert-OH is 1. The number of aliphatic hydroxyl groups is 1. The first-order chi connectivity index (χ1) is 16.6. The Morgan fingerprint density at radius 2 is 1.86 bits per heavy atom. The van der Waals surface area contributed by atoms with E-state index < -0.39 is 11.5 Å². The van der Waals surface area contributed by atoms with Gasteiger partial charge in [-0.15, -0.1) is 0 Å². The number of pyridine rings is 1. The van der Waals surface area contributed by atoms with E-state index in [2.05, 4.69) is 29.5 Å². The van der Waals surface area contributed by atoms with E-state index in [1.54, 1.807) is 6.20 Å². The maximum Gasteiger partial charge on any atom is 0.234 e. The van der Waals surface area contributed by atoms with E-state index in [0.29, 0.717) is 18.2 Å². The van der Waals surface area contributed by atoms with Crippen LogP contribution in [-0.2, 0) is 16.6 Å². The smallest absolute Gasteiger partial charge is 0.234 e. The molecule has 0 unspecified atom stereocenters. The van der Waals surface area contributed by atoms with Gasteiger partial charge in [0.05, 0.1) is 5.41 Å². The van der Waals surface area contributed by atoms with Gasteiger partial charge >= 0.3 is 0 Å². The zero-order valence-corrected chi connectivity index (χ0v) is 20.7. The van der Waals surface area contributed by atoms with Crippen LogP contribution in [-0.4, -0.2) is 40.8 Å². The molecule has 3 N–H and O–H groups in total. The molecule has 1 atom stereocenters. The van der Waals surface area contributed by atoms with Gasteiger partial charge in [-0.25, -0.2) is 4.98 Å². The van der Waals surface area contributed by atoms with Crippen LogP contribution in [0.1, 0.15) is 38.8 Å². The minimum Gasteiger partial charge on any atom is -0.490 e. The summed E-state index contributed by atoms with van der Waals surface area (Å²) in [6, 6.07) is 19.0. The predicted molar refractivity (Wildman–Crippen MR) is 136 cm³/mol. The molecule has 1 aromatic heterocycles. The van der Waals surface area contributed by atoms with Crippen molar-refractivity contribution in [3.63, 3.8) is 0 Å². The second-order valence-corrected chi connectivity index (χ2v) is 10.1. The molecule has 3 aromatic rings. The van der Waals surface area contributed by atoms with E-state index in [1.165, 1.54) is 0 Å². The molecule has 4 rings (SSSR count). The first-order valence-corrected chi connectivity index (χ1v) is 11.8. The van der Waals surface area contributed by atoms with Gasteiger partial charge in [-0.1, -0.05) is 24.3 Å². The fourth-order valence-electron chi connectivity index (χ4n) is 4.21. The molecule has 7 heteroatoms. The van der Waals surface area contributed by atoms with Crippen molar-refractivity contribution >= 4 is 11.6 Å². The summed E-state index contributed by atoms with van der Waals surface area (Å²) in [6.07, 6.45) is 1.77. The summed E-state index contributed by atoms with van der Waals surface area (Å²) < 4.78 is 11.7. The van der Waals surface area contributed by atoms with Crippen molar-refractivity contribution in [1.82, 2.24) is 10.3 Å². The molecular weight excluding hydrogens is 442 g/mol. The van der Waals surface area contributed by atoms with E-state index in [1.807, 2.05) is 74.5 Å². The van der Waals surface area contributed by atoms with Crippen molar-refractivity contribution < 1.29 is 19.4 Å². The van der Waals surface area contributed by atoms with Crippen molar-refractivity contribution in [2.24, 2.45) is 0 Å². The SMILES string of the molecule is CC(C)(Cc1ccc(Oc2ccccn2)cc1)NC[C@H](O)COc1cccc2c1C(C)(C)C(=O)N2. The van der Waals surface area contributed by atoms with Gasteiger partial charge in [-0.2, -0.15) is 0 Å². The van der Waals surface area contributed by atoms with Gasteiger partial charge in [0.25, 0.3) is 0 Å². The number of carbonyl (C=O) groups excluding carboxylic acids is 1. The van der Waals surface area contributed by atoms with Gasteiger partial charge in [0.1, 0.15) is 24.2 Å². The van der Waals surface area contributed by atoms with Gasteiger partial charge in [-0.3, -0.25) is 4.79 Å². The highest BCUT2D eigenvalue weighted by molar-refractivity contribution is 6.06. The van der Waals surface area contributed by atoms with E-state index >= 15 is 0 Å². The molecule has 2 heterocycles. The summed E-state index contributed by atoms with van der Waals surface area (Å²) in [5, 5.41) is 16.9. The third-order valence-electron chi connectivity index (χ3n) is 6.14. The summed E-state index contributed by atoms with van der Waals surface area (Å²) >= 11 is 0. The van der Waals surface area contributed by atoms with Gasteiger partial charge < -0.3 is 25.2 Å². The number of β-amino-alcohol motifs (C(OH)–C–C–N with tert-alkyl or cyclic N) is 1. The number of ether oxygens (including phenoxy) is 2. The van der Waals surface area contributed by atoms with Crippen molar-refractivity contribution in [1.29, 1.82) is 0 Å². The van der Waals surface area contributed by atoms with Crippen LogP contribution in [0.2, 0.25) is 0 Å². The van der Waals surface area contributed by atoms with E-state index in [9.17, 15) is 9.90 Å². The number of carbonyl (C=O) groups is 1. The van der Waals surface area contributed by atoms with Crippen LogP contribution < -0.4 is 20.1 Å². The Balaban J connectivity index is 1.27. The average molecular weight is 476 g/mol. The highest BCUT2D eigenvalue weighted by Crippen LogP contribution is 2.43. The maximum absolute atomic E-state index is 12.3. The van der Waals surface area contributed by atoms with E-state index in [4.69, 9.17) is 9.47 Å². The summed E-state index contributed by atoms with van der Waals surface area (Å²) in [6.45, 7) is 8.45. The molecule has 2 aromatic carbocycles. The molecular formula is C28H33N3O4. The predicted octanol–water partition coefficient (Wildman–Crippen LogP) is 4.45. The van der Waals surface area contributed by atoms with Crippen LogP contribution in [0.25, 0.3) is 0 Å². The number of hydrogen-bond acceptors (Lipinski definition) is 6. The standard InChI is InChI=1S/C28H33N3O4/c1-27(2,16-19-11-13-21(14-12-19)35-24-10-5-6-15-29-24)30-17-20(32)18-34-23-9-7-8-22-25(23)28(3,4)26(33)31-22/h5-15,20,30,32H,16-18H2,1-4H3,(H,31,33)/t20-/m0/s1. The van der Waals surface area contributed by atoms with Crippen molar-refractivity contribution in [2.75, 3.05) is 18.5 Å². The lowest BCUT2D eigenvalue weighted by Gasteiger charge is -2.28. The minimum absolute atomic E-state index is 0.0520. The number of aromatic nitrogens is 1.